The zero-order chi connectivity index (χ0) is 18.1. The smallest absolute Gasteiger partial charge is 0.346 e. The minimum absolute atomic E-state index is 0.407. The van der Waals surface area contributed by atoms with Crippen molar-refractivity contribution in [1.29, 1.82) is 0 Å². The minimum Gasteiger partial charge on any atom is -0.466 e. The number of benzene rings is 1. The molecule has 0 radical (unpaired) electrons. The largest absolute Gasteiger partial charge is 0.466 e. The molecular weight excluding hydrogens is 340 g/mol. The number of rotatable bonds is 3. The highest BCUT2D eigenvalue weighted by Gasteiger charge is 2.43. The normalized spacial score (nSPS) is 19.6. The van der Waals surface area contributed by atoms with Gasteiger partial charge < -0.3 is 14.4 Å². The molecule has 25 heavy (non-hydrogen) atoms. The number of fused-ring (bicyclic) bond motifs is 1. The molecule has 1 atom stereocenters. The molecule has 6 nitrogen and oxygen atoms in total. The molecule has 2 heterocycles. The molecule has 1 aromatic carbocycles. The van der Waals surface area contributed by atoms with Gasteiger partial charge in [-0.25, -0.2) is 14.6 Å². The number of carbonyl (C=O) groups is 2. The minimum atomic E-state index is -0.432. The van der Waals surface area contributed by atoms with Crippen molar-refractivity contribution in [2.45, 2.75) is 19.9 Å². The van der Waals surface area contributed by atoms with Crippen LogP contribution in [0.5, 0.6) is 0 Å². The Balaban J connectivity index is 2.18. The molecule has 0 bridgehead atoms. The van der Waals surface area contributed by atoms with Crippen LogP contribution in [0.4, 0.5) is 0 Å². The van der Waals surface area contributed by atoms with E-state index in [1.165, 1.54) is 26.0 Å². The number of nitrogens with zero attached hydrogens (tertiary/aromatic N) is 2. The van der Waals surface area contributed by atoms with Gasteiger partial charge in [0.15, 0.2) is 5.17 Å². The fourth-order valence-electron chi connectivity index (χ4n) is 2.98. The van der Waals surface area contributed by atoms with Crippen LogP contribution in [-0.4, -0.2) is 36.2 Å². The van der Waals surface area contributed by atoms with E-state index in [-0.39, 0.29) is 0 Å². The summed E-state index contributed by atoms with van der Waals surface area (Å²) in [6.45, 7) is 3.60. The number of hydrogen-bond donors (Lipinski definition) is 0. The Morgan fingerprint density at radius 2 is 1.72 bits per heavy atom. The molecule has 0 aliphatic carbocycles. The van der Waals surface area contributed by atoms with Gasteiger partial charge in [-0.2, -0.15) is 0 Å². The summed E-state index contributed by atoms with van der Waals surface area (Å²) in [5.74, 6) is -0.845. The maximum atomic E-state index is 12.4. The third-order valence-electron chi connectivity index (χ3n) is 4.17. The van der Waals surface area contributed by atoms with Gasteiger partial charge in [0.25, 0.3) is 0 Å². The number of aliphatic imine (C=N–C) groups is 1. The monoisotopic (exact) mass is 358 g/mol. The Hall–Kier alpha value is -2.54. The van der Waals surface area contributed by atoms with Crippen LogP contribution in [0.15, 0.2) is 57.2 Å². The molecule has 0 N–H and O–H groups in total. The Morgan fingerprint density at radius 3 is 2.32 bits per heavy atom. The molecule has 3 rings (SSSR count). The van der Waals surface area contributed by atoms with Crippen LogP contribution in [-0.2, 0) is 19.1 Å². The number of carbonyl (C=O) groups excluding carboxylic acids is 2. The van der Waals surface area contributed by atoms with E-state index in [2.05, 4.69) is 4.99 Å². The highest BCUT2D eigenvalue weighted by molar-refractivity contribution is 8.18. The average molecular weight is 358 g/mol. The first-order chi connectivity index (χ1) is 12.0. The number of thioether (sulfide) groups is 1. The van der Waals surface area contributed by atoms with Gasteiger partial charge in [0.2, 0.25) is 0 Å². The van der Waals surface area contributed by atoms with Crippen molar-refractivity contribution in [1.82, 2.24) is 4.90 Å². The van der Waals surface area contributed by atoms with Crippen LogP contribution in [0.25, 0.3) is 0 Å². The first-order valence-corrected chi connectivity index (χ1v) is 8.50. The van der Waals surface area contributed by atoms with Crippen LogP contribution >= 0.6 is 11.8 Å². The lowest BCUT2D eigenvalue weighted by Gasteiger charge is -2.35. The van der Waals surface area contributed by atoms with E-state index in [4.69, 9.17) is 9.47 Å². The van der Waals surface area contributed by atoms with Crippen LogP contribution in [0.2, 0.25) is 0 Å². The predicted molar refractivity (Wildman–Crippen MR) is 95.5 cm³/mol. The van der Waals surface area contributed by atoms with Gasteiger partial charge in [-0.05, 0) is 31.2 Å². The standard InChI is InChI=1S/C18H18N2O4S/c1-10-13(16(21)23-3)14(12-8-6-5-7-9-12)20-11(2)15(17(22)24-4)25-18(20)19-10/h5-9,14H,1-4H3/t14-/m0/s1. The number of hydrogen-bond acceptors (Lipinski definition) is 7. The van der Waals surface area contributed by atoms with Gasteiger partial charge in [-0.1, -0.05) is 30.3 Å². The summed E-state index contributed by atoms with van der Waals surface area (Å²) in [7, 11) is 2.70. The summed E-state index contributed by atoms with van der Waals surface area (Å²) in [5.41, 5.74) is 2.67. The van der Waals surface area contributed by atoms with Gasteiger partial charge in [0, 0.05) is 5.70 Å². The van der Waals surface area contributed by atoms with E-state index in [1.54, 1.807) is 6.92 Å². The maximum Gasteiger partial charge on any atom is 0.346 e. The number of methoxy groups -OCH3 is 2. The first-order valence-electron chi connectivity index (χ1n) is 7.68. The molecular formula is C18H18N2O4S. The molecule has 2 aliphatic rings. The molecule has 2 aliphatic heterocycles. The van der Waals surface area contributed by atoms with Gasteiger partial charge in [-0.15, -0.1) is 0 Å². The van der Waals surface area contributed by atoms with E-state index in [9.17, 15) is 9.59 Å². The second-order valence-corrected chi connectivity index (χ2v) is 6.55. The van der Waals surface area contributed by atoms with Gasteiger partial charge in [0.05, 0.1) is 31.5 Å². The molecule has 0 fully saturated rings. The molecule has 0 aromatic heterocycles. The maximum absolute atomic E-state index is 12.4. The second-order valence-electron chi connectivity index (χ2n) is 5.58. The molecule has 0 spiro atoms. The second kappa shape index (κ2) is 6.76. The molecule has 0 saturated carbocycles. The van der Waals surface area contributed by atoms with Crippen LogP contribution in [0.1, 0.15) is 25.5 Å². The molecule has 1 aromatic rings. The van der Waals surface area contributed by atoms with Crippen molar-refractivity contribution in [3.05, 3.63) is 57.8 Å². The van der Waals surface area contributed by atoms with Crippen molar-refractivity contribution in [2.24, 2.45) is 4.99 Å². The van der Waals surface area contributed by atoms with E-state index in [0.717, 1.165) is 5.56 Å². The van der Waals surface area contributed by atoms with Crippen LogP contribution in [0, 0.1) is 0 Å². The molecule has 0 amide bonds. The molecule has 7 heteroatoms. The highest BCUT2D eigenvalue weighted by Crippen LogP contribution is 2.46. The molecule has 130 valence electrons. The number of allylic oxidation sites excluding steroid dienone is 2. The summed E-state index contributed by atoms with van der Waals surface area (Å²) in [4.78, 5) is 31.4. The van der Waals surface area contributed by atoms with Crippen LogP contribution < -0.4 is 0 Å². The first kappa shape index (κ1) is 17.3. The summed E-state index contributed by atoms with van der Waals surface area (Å²) < 4.78 is 9.85. The summed E-state index contributed by atoms with van der Waals surface area (Å²) in [5, 5.41) is 0.650. The van der Waals surface area contributed by atoms with E-state index >= 15 is 0 Å². The van der Waals surface area contributed by atoms with Crippen molar-refractivity contribution in [3.63, 3.8) is 0 Å². The molecule has 0 unspecified atom stereocenters. The topological polar surface area (TPSA) is 68.2 Å². The van der Waals surface area contributed by atoms with Gasteiger partial charge >= 0.3 is 11.9 Å². The number of esters is 2. The third kappa shape index (κ3) is 2.84. The quantitative estimate of drug-likeness (QED) is 0.774. The Kier molecular flexibility index (Phi) is 4.67. The lowest BCUT2D eigenvalue weighted by molar-refractivity contribution is -0.137. The van der Waals surface area contributed by atoms with E-state index in [0.29, 0.717) is 27.0 Å². The lowest BCUT2D eigenvalue weighted by Crippen LogP contribution is -2.35. The lowest BCUT2D eigenvalue weighted by atomic mass is 9.94. The number of ether oxygens (including phenoxy) is 2. The fraction of sp³-hybridized carbons (Fsp3) is 0.278. The zero-order valence-electron chi connectivity index (χ0n) is 14.4. The van der Waals surface area contributed by atoms with Crippen molar-refractivity contribution >= 4 is 28.9 Å². The van der Waals surface area contributed by atoms with Gasteiger partial charge in [0.1, 0.15) is 4.91 Å². The van der Waals surface area contributed by atoms with E-state index in [1.807, 2.05) is 42.2 Å². The summed E-state index contributed by atoms with van der Waals surface area (Å²) in [6, 6.07) is 9.21. The SMILES string of the molecule is COC(=O)C1=C(C)N2C(=NC(C)=C(C(=O)OC)[C@@H]2c2ccccc2)S1. The molecule has 0 saturated heterocycles. The van der Waals surface area contributed by atoms with Crippen molar-refractivity contribution in [3.8, 4) is 0 Å². The number of amidine groups is 1. The Labute approximate surface area is 150 Å². The van der Waals surface area contributed by atoms with E-state index < -0.39 is 18.0 Å². The Bertz CT molecular complexity index is 827. The summed E-state index contributed by atoms with van der Waals surface area (Å²) >= 11 is 1.25. The van der Waals surface area contributed by atoms with Gasteiger partial charge in [-0.3, -0.25) is 0 Å². The third-order valence-corrected chi connectivity index (χ3v) is 5.30. The fourth-order valence-corrected chi connectivity index (χ4v) is 4.10. The van der Waals surface area contributed by atoms with Crippen molar-refractivity contribution < 1.29 is 19.1 Å². The zero-order valence-corrected chi connectivity index (χ0v) is 15.2. The summed E-state index contributed by atoms with van der Waals surface area (Å²) in [6.07, 6.45) is 0. The average Bonchev–Trinajstić information content (AvgIpc) is 2.96. The Morgan fingerprint density at radius 1 is 1.08 bits per heavy atom. The van der Waals surface area contributed by atoms with Crippen molar-refractivity contribution in [2.75, 3.05) is 14.2 Å². The van der Waals surface area contributed by atoms with Crippen LogP contribution in [0.3, 0.4) is 0 Å². The predicted octanol–water partition coefficient (Wildman–Crippen LogP) is 3.00. The highest BCUT2D eigenvalue weighted by atomic mass is 32.2.